The Morgan fingerprint density at radius 3 is 2.43 bits per heavy atom. The Labute approximate surface area is 270 Å². The Hall–Kier alpha value is -3.83. The molecule has 5 rings (SSSR count). The van der Waals surface area contributed by atoms with Gasteiger partial charge in [-0.05, 0) is 63.0 Å². The molecule has 2 saturated heterocycles. The zero-order valence-corrected chi connectivity index (χ0v) is 27.4. The monoisotopic (exact) mass is 640 g/mol. The maximum Gasteiger partial charge on any atom is 0.410 e. The lowest BCUT2D eigenvalue weighted by atomic mass is 9.91. The lowest BCUT2D eigenvalue weighted by Crippen LogP contribution is -2.56. The number of hydrogen-bond acceptors (Lipinski definition) is 7. The molecule has 1 aromatic carbocycles. The molecule has 4 aliphatic rings. The molecule has 12 nitrogen and oxygen atoms in total. The average Bonchev–Trinajstić information content (AvgIpc) is 3.52. The van der Waals surface area contributed by atoms with E-state index in [1.165, 1.54) is 10.5 Å². The molecule has 0 spiro atoms. The summed E-state index contributed by atoms with van der Waals surface area (Å²) < 4.78 is 11.4. The van der Waals surface area contributed by atoms with Crippen molar-refractivity contribution in [3.63, 3.8) is 0 Å². The highest BCUT2D eigenvalue weighted by Gasteiger charge is 2.62. The minimum absolute atomic E-state index is 0.0167. The van der Waals surface area contributed by atoms with Gasteiger partial charge in [-0.2, -0.15) is 0 Å². The number of nitrogens with one attached hydrogen (secondary N) is 2. The van der Waals surface area contributed by atoms with Crippen molar-refractivity contribution in [1.29, 1.82) is 0 Å². The van der Waals surface area contributed by atoms with Crippen molar-refractivity contribution in [2.75, 3.05) is 13.1 Å². The van der Waals surface area contributed by atoms with Gasteiger partial charge >= 0.3 is 18.2 Å². The summed E-state index contributed by atoms with van der Waals surface area (Å²) >= 11 is 0. The topological polar surface area (TPSA) is 155 Å². The third kappa shape index (κ3) is 7.58. The highest BCUT2D eigenvalue weighted by Crippen LogP contribution is 2.47. The molecule has 0 bridgehead atoms. The Kier molecular flexibility index (Phi) is 9.83. The molecule has 1 saturated carbocycles. The van der Waals surface area contributed by atoms with E-state index in [4.69, 9.17) is 9.47 Å². The minimum Gasteiger partial charge on any atom is -0.479 e. The van der Waals surface area contributed by atoms with E-state index in [0.29, 0.717) is 38.8 Å². The molecular weight excluding hydrogens is 592 g/mol. The number of amides is 4. The predicted octanol–water partition coefficient (Wildman–Crippen LogP) is 4.31. The summed E-state index contributed by atoms with van der Waals surface area (Å²) in [5.74, 6) is -2.23. The predicted molar refractivity (Wildman–Crippen MR) is 168 cm³/mol. The van der Waals surface area contributed by atoms with Crippen LogP contribution in [0.15, 0.2) is 24.3 Å². The second-order valence-corrected chi connectivity index (χ2v) is 14.4. The van der Waals surface area contributed by atoms with Gasteiger partial charge in [-0.3, -0.25) is 9.59 Å². The van der Waals surface area contributed by atoms with E-state index in [9.17, 15) is 29.1 Å². The first kappa shape index (κ1) is 33.5. The molecular formula is C34H48N4O8. The number of benzene rings is 1. The summed E-state index contributed by atoms with van der Waals surface area (Å²) in [4.78, 5) is 69.5. The first-order valence-corrected chi connectivity index (χ1v) is 16.7. The van der Waals surface area contributed by atoms with E-state index < -0.39 is 59.3 Å². The number of carboxylic acid groups (broad SMARTS) is 1. The molecule has 6 atom stereocenters. The zero-order valence-electron chi connectivity index (χ0n) is 27.4. The highest BCUT2D eigenvalue weighted by molar-refractivity contribution is 5.96. The van der Waals surface area contributed by atoms with Gasteiger partial charge in [0.15, 0.2) is 0 Å². The Balaban J connectivity index is 1.36. The second kappa shape index (κ2) is 13.5. The van der Waals surface area contributed by atoms with Gasteiger partial charge in [-0.25, -0.2) is 14.4 Å². The molecule has 4 amide bonds. The molecule has 12 heteroatoms. The number of carbonyl (C=O) groups excluding carboxylic acids is 4. The van der Waals surface area contributed by atoms with Gasteiger partial charge in [0.05, 0.1) is 6.54 Å². The fraction of sp³-hybridized carbons (Fsp3) is 0.676. The molecule has 252 valence electrons. The Morgan fingerprint density at radius 1 is 1.02 bits per heavy atom. The van der Waals surface area contributed by atoms with Crippen LogP contribution in [0.5, 0.6) is 0 Å². The number of nitrogens with zero attached hydrogens (tertiary/aromatic N) is 2. The molecule has 3 N–H and O–H groups in total. The van der Waals surface area contributed by atoms with Crippen molar-refractivity contribution < 1.29 is 38.6 Å². The molecule has 1 unspecified atom stereocenters. The number of ether oxygens (including phenoxy) is 2. The van der Waals surface area contributed by atoms with E-state index in [2.05, 4.69) is 23.6 Å². The number of hydrogen-bond donors (Lipinski definition) is 3. The standard InChI is InChI=1S/C34H48N4O8/c1-21-18-37(19-22-12-10-11-14-25(21)22)32(44)45-24-16-27-28(39)36-34(30(41)42)17-23(34)13-8-6-5-7-9-15-26(29(40)38(27)20-24)35-31(43)46-33(2,3)4/h10-12,14,21,23-24,26-27H,5-9,13,15-20H2,1-4H3,(H,35,43)(H,36,39)(H,41,42)/t21-,23-,24-,26+,27+,34?/m1/s1. The molecule has 0 aromatic heterocycles. The zero-order chi connectivity index (χ0) is 33.2. The summed E-state index contributed by atoms with van der Waals surface area (Å²) in [6.45, 7) is 8.05. The van der Waals surface area contributed by atoms with Gasteiger partial charge in [-0.15, -0.1) is 0 Å². The largest absolute Gasteiger partial charge is 0.479 e. The van der Waals surface area contributed by atoms with Crippen molar-refractivity contribution in [2.24, 2.45) is 5.92 Å². The van der Waals surface area contributed by atoms with Crippen LogP contribution in [0.3, 0.4) is 0 Å². The summed E-state index contributed by atoms with van der Waals surface area (Å²) in [6, 6.07) is 5.92. The Bertz CT molecular complexity index is 1340. The number of carboxylic acids is 1. The van der Waals surface area contributed by atoms with Crippen molar-refractivity contribution in [2.45, 2.75) is 127 Å². The van der Waals surface area contributed by atoms with Crippen LogP contribution >= 0.6 is 0 Å². The molecule has 3 fully saturated rings. The normalized spacial score (nSPS) is 30.4. The van der Waals surface area contributed by atoms with Crippen molar-refractivity contribution in [3.8, 4) is 0 Å². The fourth-order valence-corrected chi connectivity index (χ4v) is 7.22. The summed E-state index contributed by atoms with van der Waals surface area (Å²) in [7, 11) is 0. The van der Waals surface area contributed by atoms with Crippen LogP contribution in [0, 0.1) is 5.92 Å². The van der Waals surface area contributed by atoms with E-state index in [-0.39, 0.29) is 24.8 Å². The smallest absolute Gasteiger partial charge is 0.410 e. The summed E-state index contributed by atoms with van der Waals surface area (Å²) in [5.41, 5.74) is 0.0863. The lowest BCUT2D eigenvalue weighted by Gasteiger charge is -2.33. The molecule has 1 aromatic rings. The van der Waals surface area contributed by atoms with Gasteiger partial charge in [-0.1, -0.05) is 63.3 Å². The van der Waals surface area contributed by atoms with Gasteiger partial charge in [0.25, 0.3) is 0 Å². The van der Waals surface area contributed by atoms with Crippen molar-refractivity contribution >= 4 is 30.0 Å². The molecule has 1 aliphatic carbocycles. The number of fused-ring (bicyclic) bond motifs is 3. The van der Waals surface area contributed by atoms with Gasteiger partial charge in [0.2, 0.25) is 11.8 Å². The minimum atomic E-state index is -1.37. The first-order chi connectivity index (χ1) is 21.8. The van der Waals surface area contributed by atoms with Gasteiger partial charge < -0.3 is 35.0 Å². The summed E-state index contributed by atoms with van der Waals surface area (Å²) in [5, 5.41) is 15.6. The molecule has 3 aliphatic heterocycles. The van der Waals surface area contributed by atoms with Crippen molar-refractivity contribution in [3.05, 3.63) is 35.4 Å². The number of rotatable bonds is 3. The number of aliphatic carboxylic acids is 1. The van der Waals surface area contributed by atoms with Gasteiger partial charge in [0, 0.05) is 19.5 Å². The third-order valence-electron chi connectivity index (χ3n) is 9.68. The third-order valence-corrected chi connectivity index (χ3v) is 9.68. The van der Waals surface area contributed by atoms with E-state index in [1.54, 1.807) is 25.7 Å². The van der Waals surface area contributed by atoms with Crippen LogP contribution in [0.2, 0.25) is 0 Å². The number of alkyl carbamates (subject to hydrolysis) is 1. The number of carbonyl (C=O) groups is 5. The van der Waals surface area contributed by atoms with Crippen LogP contribution < -0.4 is 10.6 Å². The van der Waals surface area contributed by atoms with Crippen molar-refractivity contribution in [1.82, 2.24) is 20.4 Å². The quantitative estimate of drug-likeness (QED) is 0.442. The Morgan fingerprint density at radius 2 is 1.72 bits per heavy atom. The fourth-order valence-electron chi connectivity index (χ4n) is 7.22. The van der Waals surface area contributed by atoms with Crippen LogP contribution in [0.4, 0.5) is 9.59 Å². The maximum atomic E-state index is 14.1. The summed E-state index contributed by atoms with van der Waals surface area (Å²) in [6.07, 6.45) is 3.52. The van der Waals surface area contributed by atoms with Crippen LogP contribution in [0.25, 0.3) is 0 Å². The van der Waals surface area contributed by atoms with Crippen LogP contribution in [-0.2, 0) is 30.4 Å². The maximum absolute atomic E-state index is 14.1. The molecule has 3 heterocycles. The SMILES string of the molecule is C[C@@H]1CN(C(=O)O[C@@H]2C[C@H]3C(=O)NC4(C(=O)O)C[C@H]4CCCCCCC[C@H](NC(=O)OC(C)(C)C)C(=O)N3C2)Cc2ccccc21. The molecule has 0 radical (unpaired) electrons. The average molecular weight is 641 g/mol. The highest BCUT2D eigenvalue weighted by atomic mass is 16.6. The van der Waals surface area contributed by atoms with E-state index in [1.807, 2.05) is 18.2 Å². The second-order valence-electron chi connectivity index (χ2n) is 14.4. The van der Waals surface area contributed by atoms with E-state index >= 15 is 0 Å². The lowest BCUT2D eigenvalue weighted by molar-refractivity contribution is -0.146. The molecule has 46 heavy (non-hydrogen) atoms. The van der Waals surface area contributed by atoms with Crippen LogP contribution in [0.1, 0.15) is 103 Å². The first-order valence-electron chi connectivity index (χ1n) is 16.7. The van der Waals surface area contributed by atoms with Crippen LogP contribution in [-0.4, -0.2) is 87.3 Å². The van der Waals surface area contributed by atoms with Gasteiger partial charge in [0.1, 0.15) is 29.3 Å². The van der Waals surface area contributed by atoms with E-state index in [0.717, 1.165) is 31.2 Å².